The average molecular weight is 467 g/mol. The molecule has 2 aromatic heterocycles. The van der Waals surface area contributed by atoms with Gasteiger partial charge >= 0.3 is 12.1 Å². The van der Waals surface area contributed by atoms with Gasteiger partial charge in [0, 0.05) is 30.4 Å². The van der Waals surface area contributed by atoms with E-state index < -0.39 is 6.09 Å². The number of nitrogens with zero attached hydrogens (tertiary/aromatic N) is 4. The summed E-state index contributed by atoms with van der Waals surface area (Å²) < 4.78 is 5.62. The number of rotatable bonds is 4. The highest BCUT2D eigenvalue weighted by Gasteiger charge is 2.32. The summed E-state index contributed by atoms with van der Waals surface area (Å²) in [6.07, 6.45) is 6.61. The van der Waals surface area contributed by atoms with Crippen LogP contribution in [0.15, 0.2) is 30.6 Å². The molecule has 0 aromatic carbocycles. The molecule has 9 heteroatoms. The first-order valence-electron chi connectivity index (χ1n) is 12.1. The predicted octanol–water partition coefficient (Wildman–Crippen LogP) is 3.26. The van der Waals surface area contributed by atoms with Crippen LogP contribution in [-0.2, 0) is 10.2 Å². The number of piperidine rings is 2. The van der Waals surface area contributed by atoms with Crippen LogP contribution in [0.2, 0.25) is 0 Å². The van der Waals surface area contributed by atoms with E-state index in [9.17, 15) is 9.59 Å². The van der Waals surface area contributed by atoms with Gasteiger partial charge in [0.1, 0.15) is 6.17 Å². The summed E-state index contributed by atoms with van der Waals surface area (Å²) in [6, 6.07) is 5.59. The Balaban J connectivity index is 1.51. The highest BCUT2D eigenvalue weighted by atomic mass is 16.6. The van der Waals surface area contributed by atoms with Crippen LogP contribution < -0.4 is 15.4 Å². The van der Waals surface area contributed by atoms with E-state index >= 15 is 0 Å². The van der Waals surface area contributed by atoms with E-state index in [1.165, 1.54) is 0 Å². The highest BCUT2D eigenvalue weighted by Crippen LogP contribution is 2.31. The van der Waals surface area contributed by atoms with E-state index in [4.69, 9.17) is 4.74 Å². The predicted molar refractivity (Wildman–Crippen MR) is 128 cm³/mol. The van der Waals surface area contributed by atoms with Crippen LogP contribution in [-0.4, -0.2) is 57.7 Å². The maximum atomic E-state index is 13.1. The summed E-state index contributed by atoms with van der Waals surface area (Å²) in [6.45, 7) is 8.43. The number of hydrogen-bond acceptors (Lipinski definition) is 7. The Bertz CT molecular complexity index is 1000. The molecule has 182 valence electrons. The van der Waals surface area contributed by atoms with Gasteiger partial charge in [0.2, 0.25) is 5.91 Å². The van der Waals surface area contributed by atoms with E-state index in [-0.39, 0.29) is 29.4 Å². The van der Waals surface area contributed by atoms with Crippen LogP contribution in [0.25, 0.3) is 11.4 Å². The topological polar surface area (TPSA) is 109 Å². The second-order valence-electron chi connectivity index (χ2n) is 9.99. The molecular formula is C25H34N6O3. The van der Waals surface area contributed by atoms with Crippen molar-refractivity contribution in [3.05, 3.63) is 36.2 Å². The lowest BCUT2D eigenvalue weighted by atomic mass is 9.86. The van der Waals surface area contributed by atoms with Gasteiger partial charge in [-0.2, -0.15) is 4.98 Å². The summed E-state index contributed by atoms with van der Waals surface area (Å²) in [4.78, 5) is 40.8. The third kappa shape index (κ3) is 5.70. The van der Waals surface area contributed by atoms with Crippen molar-refractivity contribution in [2.24, 2.45) is 5.92 Å². The normalized spacial score (nSPS) is 19.5. The van der Waals surface area contributed by atoms with Crippen molar-refractivity contribution in [3.8, 4) is 17.4 Å². The Morgan fingerprint density at radius 2 is 1.91 bits per heavy atom. The Morgan fingerprint density at radius 3 is 2.62 bits per heavy atom. The number of nitrogens with one attached hydrogen (secondary N) is 2. The first-order valence-corrected chi connectivity index (χ1v) is 12.1. The summed E-state index contributed by atoms with van der Waals surface area (Å²) in [7, 11) is 0. The zero-order chi connectivity index (χ0) is 24.1. The minimum absolute atomic E-state index is 0.00872. The summed E-state index contributed by atoms with van der Waals surface area (Å²) in [5.74, 6) is -0.00956. The Hall–Kier alpha value is -3.07. The fourth-order valence-electron chi connectivity index (χ4n) is 4.46. The highest BCUT2D eigenvalue weighted by molar-refractivity contribution is 5.80. The second-order valence-corrected chi connectivity index (χ2v) is 9.99. The molecule has 1 atom stereocenters. The van der Waals surface area contributed by atoms with Crippen LogP contribution in [0.4, 0.5) is 4.79 Å². The lowest BCUT2D eigenvalue weighted by molar-refractivity contribution is -0.127. The monoisotopic (exact) mass is 466 g/mol. The van der Waals surface area contributed by atoms with Gasteiger partial charge in [-0.15, -0.1) is 0 Å². The maximum absolute atomic E-state index is 13.1. The molecular weight excluding hydrogens is 432 g/mol. The zero-order valence-electron chi connectivity index (χ0n) is 20.2. The fourth-order valence-corrected chi connectivity index (χ4v) is 4.46. The minimum atomic E-state index is -0.550. The van der Waals surface area contributed by atoms with Crippen molar-refractivity contribution in [1.29, 1.82) is 0 Å². The van der Waals surface area contributed by atoms with E-state index in [0.717, 1.165) is 44.3 Å². The van der Waals surface area contributed by atoms with Gasteiger partial charge in [0.05, 0.1) is 11.4 Å². The van der Waals surface area contributed by atoms with E-state index in [0.29, 0.717) is 24.4 Å². The maximum Gasteiger partial charge on any atom is 0.419 e. The molecule has 2 aliphatic heterocycles. The lowest BCUT2D eigenvalue weighted by Gasteiger charge is -2.36. The van der Waals surface area contributed by atoms with Gasteiger partial charge in [-0.1, -0.05) is 26.8 Å². The first-order chi connectivity index (χ1) is 16.3. The number of likely N-dealkylation sites (tertiary alicyclic amines) is 1. The molecule has 34 heavy (non-hydrogen) atoms. The molecule has 0 aliphatic carbocycles. The summed E-state index contributed by atoms with van der Waals surface area (Å²) >= 11 is 0. The van der Waals surface area contributed by atoms with Crippen LogP contribution in [0.5, 0.6) is 6.01 Å². The third-order valence-electron chi connectivity index (χ3n) is 6.42. The number of pyridine rings is 1. The van der Waals surface area contributed by atoms with E-state index in [1.54, 1.807) is 17.3 Å². The largest absolute Gasteiger partial charge is 0.419 e. The molecule has 0 radical (unpaired) electrons. The number of carbonyl (C=O) groups is 2. The van der Waals surface area contributed by atoms with Gasteiger partial charge in [0.25, 0.3) is 0 Å². The Morgan fingerprint density at radius 1 is 1.12 bits per heavy atom. The quantitative estimate of drug-likeness (QED) is 0.712. The summed E-state index contributed by atoms with van der Waals surface area (Å²) in [5.41, 5.74) is 2.03. The Kier molecular flexibility index (Phi) is 7.41. The molecule has 0 spiro atoms. The lowest BCUT2D eigenvalue weighted by Crippen LogP contribution is -2.55. The van der Waals surface area contributed by atoms with E-state index in [1.807, 2.05) is 18.2 Å². The molecule has 0 bridgehead atoms. The Labute approximate surface area is 200 Å². The molecule has 2 N–H and O–H groups in total. The van der Waals surface area contributed by atoms with Gasteiger partial charge in [-0.05, 0) is 62.7 Å². The standard InChI is InChI=1S/C25H34N6O3/c1-25(2,3)18-16-28-23(30-21(18)19-8-4-6-12-27-19)34-24(33)31-15-7-5-9-20(31)29-22(32)17-10-13-26-14-11-17/h4,6,8,12,16-17,20,26H,5,7,9-11,13-15H2,1-3H3,(H,29,32). The number of aromatic nitrogens is 3. The summed E-state index contributed by atoms with van der Waals surface area (Å²) in [5, 5.41) is 6.35. The SMILES string of the molecule is CC(C)(C)c1cnc(OC(=O)N2CCCCC2NC(=O)C2CCNCC2)nc1-c1ccccn1. The van der Waals surface area contributed by atoms with Crippen molar-refractivity contribution in [3.63, 3.8) is 0 Å². The van der Waals surface area contributed by atoms with Gasteiger partial charge < -0.3 is 15.4 Å². The molecule has 2 aromatic rings. The number of ether oxygens (including phenoxy) is 1. The van der Waals surface area contributed by atoms with Gasteiger partial charge in [0.15, 0.2) is 0 Å². The van der Waals surface area contributed by atoms with Crippen molar-refractivity contribution in [2.75, 3.05) is 19.6 Å². The molecule has 2 aliphatic rings. The zero-order valence-corrected chi connectivity index (χ0v) is 20.2. The smallest absolute Gasteiger partial charge is 0.374 e. The first kappa shape index (κ1) is 24.1. The van der Waals surface area contributed by atoms with Crippen molar-refractivity contribution in [2.45, 2.75) is 64.5 Å². The third-order valence-corrected chi connectivity index (χ3v) is 6.42. The molecule has 4 rings (SSSR count). The van der Waals surface area contributed by atoms with Crippen LogP contribution >= 0.6 is 0 Å². The molecule has 2 saturated heterocycles. The van der Waals surface area contributed by atoms with Crippen LogP contribution in [0.3, 0.4) is 0 Å². The second kappa shape index (κ2) is 10.5. The van der Waals surface area contributed by atoms with Crippen LogP contribution in [0, 0.1) is 5.92 Å². The van der Waals surface area contributed by atoms with Crippen LogP contribution in [0.1, 0.15) is 58.4 Å². The average Bonchev–Trinajstić information content (AvgIpc) is 2.84. The number of carbonyl (C=O) groups excluding carboxylic acids is 2. The minimum Gasteiger partial charge on any atom is -0.374 e. The molecule has 9 nitrogen and oxygen atoms in total. The van der Waals surface area contributed by atoms with E-state index in [2.05, 4.69) is 46.4 Å². The van der Waals surface area contributed by atoms with Gasteiger partial charge in [-0.25, -0.2) is 9.78 Å². The van der Waals surface area contributed by atoms with Crippen molar-refractivity contribution >= 4 is 12.0 Å². The van der Waals surface area contributed by atoms with Gasteiger partial charge in [-0.3, -0.25) is 14.7 Å². The number of amides is 2. The fraction of sp³-hybridized carbons (Fsp3) is 0.560. The van der Waals surface area contributed by atoms with Crippen molar-refractivity contribution < 1.29 is 14.3 Å². The molecule has 2 amide bonds. The molecule has 1 unspecified atom stereocenters. The van der Waals surface area contributed by atoms with Crippen molar-refractivity contribution in [1.82, 2.24) is 30.5 Å². The molecule has 4 heterocycles. The molecule has 0 saturated carbocycles. The molecule has 2 fully saturated rings. The number of hydrogen-bond donors (Lipinski definition) is 2.